The van der Waals surface area contributed by atoms with Crippen molar-refractivity contribution in [1.82, 2.24) is 15.0 Å². The van der Waals surface area contributed by atoms with Crippen molar-refractivity contribution in [3.05, 3.63) is 93.2 Å². The third-order valence-corrected chi connectivity index (χ3v) is 17.9. The summed E-state index contributed by atoms with van der Waals surface area (Å²) >= 11 is 3.11. The summed E-state index contributed by atoms with van der Waals surface area (Å²) < 4.78 is 72.6. The van der Waals surface area contributed by atoms with Gasteiger partial charge in [0.25, 0.3) is 20.2 Å². The van der Waals surface area contributed by atoms with Crippen LogP contribution in [0.25, 0.3) is 0 Å². The molecule has 6 aromatic rings. The average Bonchev–Trinajstić information content (AvgIpc) is 3.89. The molecule has 8 rings (SSSR count). The Balaban J connectivity index is 1.23. The molecule has 0 atom stereocenters. The van der Waals surface area contributed by atoms with Crippen LogP contribution in [0.4, 0.5) is 56.0 Å². The van der Waals surface area contributed by atoms with Crippen molar-refractivity contribution >= 4 is 122 Å². The van der Waals surface area contributed by atoms with E-state index in [2.05, 4.69) is 40.9 Å². The standard InChI is InChI=1S/C50H57N11O8S5/c1-9-60(10-2)30-18-20-34(56-58-44-42(73(64,65)66)32-24-49(5,6)26-38(62)40(32)71-44)36(22-30)51-46-53-47(55-48(54-46)70-28-29-16-14-13-15-17-29)52-37-23-31(61(11-3)12-4)19-21-35(37)57-59-45-43(74(67,68)69)33-25-50(7,8)27-39(63)41(33)72-45/h13-23H,9-12,24-28H2,1-8H3,(H,64,65,66)(H,67,68,69)(H2,51,52,53,54,55). The van der Waals surface area contributed by atoms with Gasteiger partial charge >= 0.3 is 0 Å². The zero-order valence-electron chi connectivity index (χ0n) is 42.1. The minimum atomic E-state index is -4.82. The molecule has 0 radical (unpaired) electrons. The number of aromatic nitrogens is 3. The van der Waals surface area contributed by atoms with E-state index in [1.54, 1.807) is 12.1 Å². The molecule has 3 heterocycles. The number of azo groups is 2. The Labute approximate surface area is 443 Å². The Hall–Kier alpha value is -6.02. The average molecular weight is 1100 g/mol. The maximum Gasteiger partial charge on any atom is 0.297 e. The van der Waals surface area contributed by atoms with Gasteiger partial charge in [-0.2, -0.15) is 31.8 Å². The number of anilines is 6. The van der Waals surface area contributed by atoms with Crippen LogP contribution in [0.15, 0.2) is 102 Å². The van der Waals surface area contributed by atoms with E-state index in [9.17, 15) is 35.5 Å². The van der Waals surface area contributed by atoms with Gasteiger partial charge in [-0.25, -0.2) is 0 Å². The smallest absolute Gasteiger partial charge is 0.297 e. The lowest BCUT2D eigenvalue weighted by Gasteiger charge is -2.28. The highest BCUT2D eigenvalue weighted by atomic mass is 32.2. The number of carbonyl (C=O) groups is 2. The highest BCUT2D eigenvalue weighted by molar-refractivity contribution is 7.98. The van der Waals surface area contributed by atoms with E-state index < -0.39 is 40.9 Å². The molecule has 0 amide bonds. The molecule has 0 spiro atoms. The SMILES string of the molecule is CCN(CC)c1ccc(N=Nc2sc3c(c2S(=O)(=O)O)CC(C)(C)CC3=O)c(Nc2nc(Nc3cc(N(CC)CC)ccc3N=Nc3sc4c(c3S(=O)(=O)O)CC(C)(C)CC4=O)nc(SCc3ccccc3)n2)c1. The van der Waals surface area contributed by atoms with Crippen LogP contribution in [0, 0.1) is 10.8 Å². The number of nitrogens with one attached hydrogen (secondary N) is 2. The largest absolute Gasteiger partial charge is 0.372 e. The predicted molar refractivity (Wildman–Crippen MR) is 292 cm³/mol. The Morgan fingerprint density at radius 2 is 1.03 bits per heavy atom. The van der Waals surface area contributed by atoms with Crippen LogP contribution in [-0.4, -0.2) is 78.6 Å². The highest BCUT2D eigenvalue weighted by Crippen LogP contribution is 2.49. The summed E-state index contributed by atoms with van der Waals surface area (Å²) in [7, 11) is -9.63. The van der Waals surface area contributed by atoms with Crippen LogP contribution >= 0.6 is 34.4 Å². The van der Waals surface area contributed by atoms with Gasteiger partial charge in [0.2, 0.25) is 11.9 Å². The fourth-order valence-corrected chi connectivity index (χ4v) is 14.4. The van der Waals surface area contributed by atoms with Crippen molar-refractivity contribution in [1.29, 1.82) is 0 Å². The topological polar surface area (TPSA) is 262 Å². The van der Waals surface area contributed by atoms with E-state index in [0.717, 1.165) is 39.6 Å². The maximum atomic E-state index is 13.2. The number of Topliss-reactive ketones (excluding diaryl/α,β-unsaturated/α-hetero) is 2. The maximum absolute atomic E-state index is 13.2. The van der Waals surface area contributed by atoms with E-state index in [0.29, 0.717) is 48.5 Å². The minimum Gasteiger partial charge on any atom is -0.372 e. The molecule has 24 heteroatoms. The Bertz CT molecular complexity index is 3220. The van der Waals surface area contributed by atoms with Crippen LogP contribution < -0.4 is 20.4 Å². The molecule has 0 unspecified atom stereocenters. The van der Waals surface area contributed by atoms with Gasteiger partial charge in [0, 0.05) is 56.1 Å². The summed E-state index contributed by atoms with van der Waals surface area (Å²) in [5.41, 5.74) is 3.33. The molecule has 19 nitrogen and oxygen atoms in total. The summed E-state index contributed by atoms with van der Waals surface area (Å²) in [6.45, 7) is 18.2. The van der Waals surface area contributed by atoms with Crippen LogP contribution in [-0.2, 0) is 38.8 Å². The number of rotatable bonds is 19. The second-order valence-electron chi connectivity index (χ2n) is 19.4. The molecule has 0 bridgehead atoms. The van der Waals surface area contributed by atoms with E-state index in [1.807, 2.05) is 110 Å². The zero-order chi connectivity index (χ0) is 53.3. The lowest BCUT2D eigenvalue weighted by Crippen LogP contribution is -2.26. The van der Waals surface area contributed by atoms with Crippen molar-refractivity contribution in [2.45, 2.75) is 102 Å². The number of thioether (sulfide) groups is 1. The number of nitrogens with zero attached hydrogens (tertiary/aromatic N) is 9. The van der Waals surface area contributed by atoms with Crippen LogP contribution in [0.5, 0.6) is 0 Å². The molecule has 3 aromatic carbocycles. The second kappa shape index (κ2) is 21.7. The molecule has 0 fully saturated rings. The lowest BCUT2D eigenvalue weighted by molar-refractivity contribution is 0.0907. The van der Waals surface area contributed by atoms with Crippen LogP contribution in [0.2, 0.25) is 0 Å². The second-order valence-corrected chi connectivity index (χ2v) is 25.0. The van der Waals surface area contributed by atoms with E-state index in [-0.39, 0.29) is 91.4 Å². The molecule has 4 N–H and O–H groups in total. The molecule has 2 aliphatic rings. The number of carbonyl (C=O) groups excluding carboxylic acids is 2. The molecule has 0 saturated heterocycles. The summed E-state index contributed by atoms with van der Waals surface area (Å²) in [5.74, 6) is 0.202. The Kier molecular flexibility index (Phi) is 15.9. The quantitative estimate of drug-likeness (QED) is 0.0334. The molecule has 0 saturated carbocycles. The van der Waals surface area contributed by atoms with Gasteiger partial charge in [0.15, 0.2) is 26.7 Å². The Morgan fingerprint density at radius 1 is 0.608 bits per heavy atom. The third-order valence-electron chi connectivity index (χ3n) is 12.5. The third kappa shape index (κ3) is 12.2. The van der Waals surface area contributed by atoms with Gasteiger partial charge in [-0.15, -0.1) is 43.1 Å². The van der Waals surface area contributed by atoms with Gasteiger partial charge < -0.3 is 20.4 Å². The van der Waals surface area contributed by atoms with Crippen molar-refractivity contribution < 1.29 is 35.5 Å². The van der Waals surface area contributed by atoms with Crippen molar-refractivity contribution in [3.63, 3.8) is 0 Å². The number of ketones is 2. The molecule has 390 valence electrons. The van der Waals surface area contributed by atoms with Crippen molar-refractivity contribution in [3.8, 4) is 0 Å². The number of fused-ring (bicyclic) bond motifs is 2. The number of benzene rings is 3. The zero-order valence-corrected chi connectivity index (χ0v) is 46.2. The molecular weight excluding hydrogens is 1040 g/mol. The Morgan fingerprint density at radius 3 is 1.42 bits per heavy atom. The molecule has 0 aliphatic heterocycles. The predicted octanol–water partition coefficient (Wildman–Crippen LogP) is 13.1. The lowest BCUT2D eigenvalue weighted by atomic mass is 9.76. The van der Waals surface area contributed by atoms with Crippen LogP contribution in [0.1, 0.15) is 104 Å². The number of hydrogen-bond acceptors (Lipinski definition) is 20. The number of hydrogen-bond donors (Lipinski definition) is 4. The first-order chi connectivity index (χ1) is 35.0. The van der Waals surface area contributed by atoms with E-state index in [1.165, 1.54) is 11.8 Å². The minimum absolute atomic E-state index is 0.0851. The fraction of sp³-hybridized carbons (Fsp3) is 0.380. The molecular formula is C50H57N11O8S5. The van der Waals surface area contributed by atoms with E-state index in [4.69, 9.17) is 15.0 Å². The van der Waals surface area contributed by atoms with Crippen molar-refractivity contribution in [2.24, 2.45) is 31.3 Å². The van der Waals surface area contributed by atoms with Crippen molar-refractivity contribution in [2.75, 3.05) is 46.6 Å². The highest BCUT2D eigenvalue weighted by Gasteiger charge is 2.40. The molecule has 3 aromatic heterocycles. The van der Waals surface area contributed by atoms with Gasteiger partial charge in [-0.3, -0.25) is 18.7 Å². The normalized spacial score (nSPS) is 15.4. The summed E-state index contributed by atoms with van der Waals surface area (Å²) in [4.78, 5) is 44.8. The van der Waals surface area contributed by atoms with Gasteiger partial charge in [-0.1, -0.05) is 69.8 Å². The number of thiophene rings is 2. The first kappa shape index (κ1) is 54.2. The first-order valence-electron chi connectivity index (χ1n) is 23.9. The van der Waals surface area contributed by atoms with Gasteiger partial charge in [-0.05, 0) is 104 Å². The fourth-order valence-electron chi connectivity index (χ4n) is 9.11. The summed E-state index contributed by atoms with van der Waals surface area (Å²) in [6.07, 6.45) is 0.912. The summed E-state index contributed by atoms with van der Waals surface area (Å²) in [6, 6.07) is 20.6. The van der Waals surface area contributed by atoms with Crippen LogP contribution in [0.3, 0.4) is 0 Å². The first-order valence-corrected chi connectivity index (χ1v) is 29.4. The monoisotopic (exact) mass is 1100 g/mol. The molecule has 2 aliphatic carbocycles. The van der Waals surface area contributed by atoms with Gasteiger partial charge in [0.05, 0.1) is 21.1 Å². The van der Waals surface area contributed by atoms with E-state index >= 15 is 0 Å². The van der Waals surface area contributed by atoms with Gasteiger partial charge in [0.1, 0.15) is 21.2 Å². The molecule has 74 heavy (non-hydrogen) atoms. The summed E-state index contributed by atoms with van der Waals surface area (Å²) in [5, 5.41) is 24.5.